The lowest BCUT2D eigenvalue weighted by Gasteiger charge is -2.20. The minimum absolute atomic E-state index is 0.175. The topological polar surface area (TPSA) is 42.9 Å². The molecule has 0 saturated carbocycles. The highest BCUT2D eigenvalue weighted by molar-refractivity contribution is 5.67. The minimum Gasteiger partial charge on any atom is -0.303 e. The summed E-state index contributed by atoms with van der Waals surface area (Å²) in [5, 5.41) is 0. The molecule has 0 fully saturated rings. The molecule has 4 rings (SSSR count). The van der Waals surface area contributed by atoms with E-state index in [0.717, 1.165) is 39.9 Å². The Kier molecular flexibility index (Phi) is 5.57. The first-order valence-electron chi connectivity index (χ1n) is 9.57. The predicted molar refractivity (Wildman–Crippen MR) is 116 cm³/mol. The Morgan fingerprint density at radius 1 is 0.655 bits per heavy atom. The Bertz CT molecular complexity index is 1060. The average Bonchev–Trinajstić information content (AvgIpc) is 2.81. The Morgan fingerprint density at radius 2 is 1.14 bits per heavy atom. The van der Waals surface area contributed by atoms with Crippen LogP contribution >= 0.6 is 0 Å². The Labute approximate surface area is 171 Å². The number of hydrogen-bond acceptors (Lipinski definition) is 3. The molecule has 29 heavy (non-hydrogen) atoms. The molecule has 0 N–H and O–H groups in total. The quantitative estimate of drug-likeness (QED) is 0.404. The van der Waals surface area contributed by atoms with Gasteiger partial charge in [-0.25, -0.2) is 0 Å². The third kappa shape index (κ3) is 4.14. The second-order valence-electron chi connectivity index (χ2n) is 6.94. The zero-order valence-corrected chi connectivity index (χ0v) is 16.0. The fraction of sp³-hybridized carbons (Fsp3) is 0.0769. The molecule has 0 aliphatic heterocycles. The van der Waals surface area contributed by atoms with Crippen LogP contribution in [0.25, 0.3) is 22.5 Å². The number of carbonyl (C=O) groups is 1. The van der Waals surface area contributed by atoms with Crippen molar-refractivity contribution >= 4 is 6.29 Å². The monoisotopic (exact) mass is 377 g/mol. The van der Waals surface area contributed by atoms with Crippen molar-refractivity contribution in [1.82, 2.24) is 9.97 Å². The summed E-state index contributed by atoms with van der Waals surface area (Å²) in [6.07, 6.45) is 4.54. The predicted octanol–water partition coefficient (Wildman–Crippen LogP) is 5.71. The van der Waals surface area contributed by atoms with Crippen LogP contribution in [0, 0.1) is 6.92 Å². The molecule has 2 atom stereocenters. The maximum atomic E-state index is 11.9. The van der Waals surface area contributed by atoms with Crippen LogP contribution in [0.4, 0.5) is 0 Å². The highest BCUT2D eigenvalue weighted by Crippen LogP contribution is 2.33. The lowest BCUT2D eigenvalue weighted by Crippen LogP contribution is -2.10. The van der Waals surface area contributed by atoms with E-state index in [1.807, 2.05) is 84.9 Å². The van der Waals surface area contributed by atoms with Crippen LogP contribution in [-0.2, 0) is 4.79 Å². The molecular weight excluding hydrogens is 356 g/mol. The van der Waals surface area contributed by atoms with Gasteiger partial charge in [-0.1, -0.05) is 60.7 Å². The molecule has 0 aliphatic rings. The van der Waals surface area contributed by atoms with E-state index in [0.29, 0.717) is 0 Å². The Hall–Kier alpha value is -3.59. The fourth-order valence-corrected chi connectivity index (χ4v) is 3.46. The first-order valence-corrected chi connectivity index (χ1v) is 9.57. The zero-order chi connectivity index (χ0) is 20.1. The van der Waals surface area contributed by atoms with Gasteiger partial charge < -0.3 is 4.79 Å². The molecule has 2 heterocycles. The van der Waals surface area contributed by atoms with Gasteiger partial charge in [0.25, 0.3) is 0 Å². The molecule has 2 aromatic heterocycles. The summed E-state index contributed by atoms with van der Waals surface area (Å²) in [5.74, 6) is -0.487. The van der Waals surface area contributed by atoms with Gasteiger partial charge in [-0.05, 0) is 48.2 Å². The molecule has 0 aliphatic carbocycles. The highest BCUT2D eigenvalue weighted by atomic mass is 16.1. The first kappa shape index (κ1) is 18.8. The SMILES string of the molecule is [CH2]C(c1ccc(-c2ccccn2)cc1)C(C=O)c1ccc(-c2ccccn2)cc1. The van der Waals surface area contributed by atoms with Gasteiger partial charge in [-0.3, -0.25) is 9.97 Å². The van der Waals surface area contributed by atoms with E-state index in [2.05, 4.69) is 16.9 Å². The van der Waals surface area contributed by atoms with Crippen molar-refractivity contribution < 1.29 is 4.79 Å². The molecule has 0 bridgehead atoms. The lowest BCUT2D eigenvalue weighted by molar-refractivity contribution is -0.109. The lowest BCUT2D eigenvalue weighted by atomic mass is 9.83. The number of rotatable bonds is 6. The first-order chi connectivity index (χ1) is 14.3. The summed E-state index contributed by atoms with van der Waals surface area (Å²) >= 11 is 0. The van der Waals surface area contributed by atoms with E-state index in [1.165, 1.54) is 0 Å². The zero-order valence-electron chi connectivity index (χ0n) is 16.0. The van der Waals surface area contributed by atoms with Crippen molar-refractivity contribution in [2.75, 3.05) is 0 Å². The van der Waals surface area contributed by atoms with Gasteiger partial charge in [-0.2, -0.15) is 0 Å². The minimum atomic E-state index is -0.312. The van der Waals surface area contributed by atoms with Crippen molar-refractivity contribution in [3.05, 3.63) is 115 Å². The number of carbonyl (C=O) groups excluding carboxylic acids is 1. The largest absolute Gasteiger partial charge is 0.303 e. The summed E-state index contributed by atoms with van der Waals surface area (Å²) in [4.78, 5) is 20.7. The van der Waals surface area contributed by atoms with Crippen LogP contribution in [0.5, 0.6) is 0 Å². The average molecular weight is 377 g/mol. The Balaban J connectivity index is 1.55. The summed E-state index contributed by atoms with van der Waals surface area (Å²) in [6.45, 7) is 4.28. The van der Waals surface area contributed by atoms with Crippen LogP contribution in [0.15, 0.2) is 97.3 Å². The normalized spacial score (nSPS) is 12.9. The van der Waals surface area contributed by atoms with Gasteiger partial charge in [0.2, 0.25) is 0 Å². The van der Waals surface area contributed by atoms with Gasteiger partial charge >= 0.3 is 0 Å². The summed E-state index contributed by atoms with van der Waals surface area (Å²) in [5.41, 5.74) is 5.89. The smallest absolute Gasteiger partial charge is 0.128 e. The molecule has 4 aromatic rings. The van der Waals surface area contributed by atoms with Crippen molar-refractivity contribution in [2.24, 2.45) is 0 Å². The van der Waals surface area contributed by atoms with Crippen LogP contribution in [-0.4, -0.2) is 16.3 Å². The fourth-order valence-electron chi connectivity index (χ4n) is 3.46. The molecular formula is C26H21N2O. The van der Waals surface area contributed by atoms with E-state index in [9.17, 15) is 4.79 Å². The molecule has 3 nitrogen and oxygen atoms in total. The van der Waals surface area contributed by atoms with Gasteiger partial charge in [0.05, 0.1) is 11.4 Å². The number of hydrogen-bond donors (Lipinski definition) is 0. The van der Waals surface area contributed by atoms with Crippen molar-refractivity contribution in [1.29, 1.82) is 0 Å². The van der Waals surface area contributed by atoms with E-state index >= 15 is 0 Å². The summed E-state index contributed by atoms with van der Waals surface area (Å²) in [7, 11) is 0. The molecule has 141 valence electrons. The van der Waals surface area contributed by atoms with Crippen LogP contribution in [0.3, 0.4) is 0 Å². The van der Waals surface area contributed by atoms with Crippen LogP contribution in [0.2, 0.25) is 0 Å². The van der Waals surface area contributed by atoms with Gasteiger partial charge in [0.15, 0.2) is 0 Å². The number of pyridine rings is 2. The molecule has 3 heteroatoms. The van der Waals surface area contributed by atoms with Crippen molar-refractivity contribution in [2.45, 2.75) is 11.8 Å². The third-order valence-corrected chi connectivity index (χ3v) is 5.14. The van der Waals surface area contributed by atoms with E-state index < -0.39 is 0 Å². The molecule has 1 radical (unpaired) electrons. The molecule has 0 saturated heterocycles. The number of aldehydes is 1. The highest BCUT2D eigenvalue weighted by Gasteiger charge is 2.20. The maximum Gasteiger partial charge on any atom is 0.128 e. The van der Waals surface area contributed by atoms with Gasteiger partial charge in [-0.15, -0.1) is 0 Å². The van der Waals surface area contributed by atoms with Gasteiger partial charge in [0, 0.05) is 29.4 Å². The third-order valence-electron chi connectivity index (χ3n) is 5.14. The van der Waals surface area contributed by atoms with Crippen molar-refractivity contribution in [3.8, 4) is 22.5 Å². The number of aromatic nitrogens is 2. The van der Waals surface area contributed by atoms with Crippen LogP contribution < -0.4 is 0 Å². The van der Waals surface area contributed by atoms with E-state index in [1.54, 1.807) is 12.4 Å². The second kappa shape index (κ2) is 8.61. The van der Waals surface area contributed by atoms with E-state index in [-0.39, 0.29) is 11.8 Å². The van der Waals surface area contributed by atoms with Crippen LogP contribution in [0.1, 0.15) is 23.0 Å². The van der Waals surface area contributed by atoms with Crippen molar-refractivity contribution in [3.63, 3.8) is 0 Å². The molecule has 2 aromatic carbocycles. The summed E-state index contributed by atoms with van der Waals surface area (Å²) < 4.78 is 0. The Morgan fingerprint density at radius 3 is 1.55 bits per heavy atom. The number of benzene rings is 2. The number of nitrogens with zero attached hydrogens (tertiary/aromatic N) is 2. The molecule has 2 unspecified atom stereocenters. The summed E-state index contributed by atoms with van der Waals surface area (Å²) in [6, 6.07) is 27.8. The molecule has 0 amide bonds. The standard InChI is InChI=1S/C26H21N2O/c1-19(20-8-12-22(13-9-20)25-6-2-4-16-27-25)24(18-29)21-10-14-23(15-11-21)26-7-3-5-17-28-26/h2-19,24H,1H2. The van der Waals surface area contributed by atoms with Gasteiger partial charge in [0.1, 0.15) is 6.29 Å². The molecule has 0 spiro atoms. The van der Waals surface area contributed by atoms with E-state index in [4.69, 9.17) is 0 Å². The maximum absolute atomic E-state index is 11.9. The second-order valence-corrected chi connectivity index (χ2v) is 6.94.